The van der Waals surface area contributed by atoms with E-state index in [1.807, 2.05) is 45.0 Å². The van der Waals surface area contributed by atoms with Gasteiger partial charge < -0.3 is 24.8 Å². The molecule has 0 bridgehead atoms. The Bertz CT molecular complexity index is 1210. The summed E-state index contributed by atoms with van der Waals surface area (Å²) in [7, 11) is 5.38. The first-order valence-electron chi connectivity index (χ1n) is 13.0. The van der Waals surface area contributed by atoms with Crippen LogP contribution in [0.4, 0.5) is 5.69 Å². The predicted octanol–water partition coefficient (Wildman–Crippen LogP) is 2.60. The molecule has 0 aromatic heterocycles. The number of hydrogen-bond acceptors (Lipinski definition) is 6. The summed E-state index contributed by atoms with van der Waals surface area (Å²) in [6.07, 6.45) is 0.946. The van der Waals surface area contributed by atoms with Crippen LogP contribution in [0.15, 0.2) is 48.5 Å². The number of amides is 3. The Labute approximate surface area is 223 Å². The molecule has 0 spiro atoms. The van der Waals surface area contributed by atoms with E-state index in [-0.39, 0.29) is 42.0 Å². The molecule has 202 valence electrons. The number of nitrogens with zero attached hydrogens (tertiary/aromatic N) is 3. The molecule has 2 fully saturated rings. The van der Waals surface area contributed by atoms with Crippen molar-refractivity contribution in [2.75, 3.05) is 39.2 Å². The predicted molar refractivity (Wildman–Crippen MR) is 144 cm³/mol. The first-order chi connectivity index (χ1) is 18.1. The third-order valence-electron chi connectivity index (χ3n) is 7.24. The molecule has 2 heterocycles. The Hall–Kier alpha value is -3.88. The van der Waals surface area contributed by atoms with Gasteiger partial charge in [0, 0.05) is 37.5 Å². The number of hydrogen-bond donors (Lipinski definition) is 1. The fraction of sp³-hybridized carbons (Fsp3) is 0.448. The van der Waals surface area contributed by atoms with Gasteiger partial charge in [-0.25, -0.2) is 0 Å². The molecular weight excluding hydrogens is 484 g/mol. The van der Waals surface area contributed by atoms with E-state index < -0.39 is 12.1 Å². The van der Waals surface area contributed by atoms with Gasteiger partial charge in [0.15, 0.2) is 5.78 Å². The summed E-state index contributed by atoms with van der Waals surface area (Å²) < 4.78 is 5.23. The van der Waals surface area contributed by atoms with Crippen molar-refractivity contribution in [1.82, 2.24) is 15.1 Å². The van der Waals surface area contributed by atoms with E-state index in [0.717, 1.165) is 5.69 Å². The Morgan fingerprint density at radius 1 is 1.05 bits per heavy atom. The van der Waals surface area contributed by atoms with Crippen LogP contribution >= 0.6 is 0 Å². The highest BCUT2D eigenvalue weighted by molar-refractivity contribution is 6.03. The van der Waals surface area contributed by atoms with Crippen molar-refractivity contribution >= 4 is 29.2 Å². The molecule has 2 aromatic rings. The molecule has 0 saturated carbocycles. The van der Waals surface area contributed by atoms with E-state index in [1.54, 1.807) is 46.2 Å². The van der Waals surface area contributed by atoms with Crippen LogP contribution in [0, 0.1) is 5.92 Å². The Kier molecular flexibility index (Phi) is 8.04. The molecule has 4 rings (SSSR count). The van der Waals surface area contributed by atoms with E-state index in [0.29, 0.717) is 36.3 Å². The summed E-state index contributed by atoms with van der Waals surface area (Å²) in [5, 5.41) is 2.91. The zero-order valence-electron chi connectivity index (χ0n) is 22.6. The highest BCUT2D eigenvalue weighted by Gasteiger charge is 2.52. The quantitative estimate of drug-likeness (QED) is 0.575. The number of ether oxygens (including phenoxy) is 1. The summed E-state index contributed by atoms with van der Waals surface area (Å²) in [6, 6.07) is 12.1. The second-order valence-electron chi connectivity index (χ2n) is 10.6. The normalized spacial score (nSPS) is 19.4. The first-order valence-corrected chi connectivity index (χ1v) is 13.0. The van der Waals surface area contributed by atoms with Gasteiger partial charge in [-0.2, -0.15) is 0 Å². The number of benzene rings is 2. The fourth-order valence-electron chi connectivity index (χ4n) is 5.31. The second kappa shape index (κ2) is 11.2. The minimum atomic E-state index is -0.772. The molecule has 2 saturated heterocycles. The number of likely N-dealkylation sites (tertiary alicyclic amines) is 2. The van der Waals surface area contributed by atoms with Crippen LogP contribution in [0.3, 0.4) is 0 Å². The van der Waals surface area contributed by atoms with Gasteiger partial charge in [0.2, 0.25) is 5.91 Å². The average Bonchev–Trinajstić information content (AvgIpc) is 3.48. The summed E-state index contributed by atoms with van der Waals surface area (Å²) in [6.45, 7) is 4.28. The molecule has 0 aliphatic carbocycles. The van der Waals surface area contributed by atoms with E-state index in [4.69, 9.17) is 4.74 Å². The van der Waals surface area contributed by atoms with Gasteiger partial charge in [-0.1, -0.05) is 19.9 Å². The number of methoxy groups -OCH3 is 1. The molecule has 0 radical (unpaired) electrons. The lowest BCUT2D eigenvalue weighted by atomic mass is 10.0. The number of carbonyl (C=O) groups is 4. The Morgan fingerprint density at radius 3 is 2.39 bits per heavy atom. The molecule has 2 aliphatic rings. The zero-order chi connectivity index (χ0) is 27.6. The molecule has 2 aliphatic heterocycles. The lowest BCUT2D eigenvalue weighted by molar-refractivity contribution is -0.138. The van der Waals surface area contributed by atoms with Crippen molar-refractivity contribution in [3.63, 3.8) is 0 Å². The third-order valence-corrected chi connectivity index (χ3v) is 7.24. The molecule has 2 aromatic carbocycles. The molecule has 0 unspecified atom stereocenters. The van der Waals surface area contributed by atoms with Crippen molar-refractivity contribution in [3.05, 3.63) is 59.7 Å². The minimum absolute atomic E-state index is 0.0470. The summed E-state index contributed by atoms with van der Waals surface area (Å²) in [5.74, 6) is -0.335. The second-order valence-corrected chi connectivity index (χ2v) is 10.6. The number of anilines is 1. The highest BCUT2D eigenvalue weighted by atomic mass is 16.5. The molecule has 38 heavy (non-hydrogen) atoms. The van der Waals surface area contributed by atoms with Gasteiger partial charge >= 0.3 is 0 Å². The van der Waals surface area contributed by atoms with Crippen LogP contribution in [0.2, 0.25) is 0 Å². The van der Waals surface area contributed by atoms with E-state index in [9.17, 15) is 19.2 Å². The topological polar surface area (TPSA) is 99.3 Å². The molecule has 9 nitrogen and oxygen atoms in total. The van der Waals surface area contributed by atoms with Crippen LogP contribution in [0.1, 0.15) is 47.4 Å². The van der Waals surface area contributed by atoms with Gasteiger partial charge in [0.1, 0.15) is 17.8 Å². The third kappa shape index (κ3) is 5.51. The van der Waals surface area contributed by atoms with Crippen molar-refractivity contribution in [3.8, 4) is 5.75 Å². The molecule has 3 atom stereocenters. The number of rotatable bonds is 8. The lowest BCUT2D eigenvalue weighted by Crippen LogP contribution is -2.53. The number of carbonyl (C=O) groups excluding carboxylic acids is 4. The SMILES string of the molecule is COc1cccc(C(=O)N2CC(=O)[C@@H]3[C@H]2CCN3C(=O)[C@H](CC(C)C)NC(=O)c2ccc(N(C)C)cc2)c1. The van der Waals surface area contributed by atoms with Crippen molar-refractivity contribution < 1.29 is 23.9 Å². The van der Waals surface area contributed by atoms with Crippen LogP contribution in [0.25, 0.3) is 0 Å². The summed E-state index contributed by atoms with van der Waals surface area (Å²) in [5.41, 5.74) is 1.86. The molecular formula is C29H36N4O5. The highest BCUT2D eigenvalue weighted by Crippen LogP contribution is 2.32. The van der Waals surface area contributed by atoms with Crippen LogP contribution in [-0.4, -0.2) is 85.7 Å². The standard InChI is InChI=1S/C29H36N4O5/c1-18(2)15-23(30-27(35)19-9-11-21(12-10-19)31(3)4)29(37)32-14-13-24-26(32)25(34)17-33(24)28(36)20-7-6-8-22(16-20)38-5/h6-12,16,18,23-24,26H,13-15,17H2,1-5H3,(H,30,35)/t23-,24+,26-/m0/s1. The van der Waals surface area contributed by atoms with Gasteiger partial charge in [-0.05, 0) is 61.2 Å². The largest absolute Gasteiger partial charge is 0.497 e. The van der Waals surface area contributed by atoms with Crippen molar-refractivity contribution in [2.24, 2.45) is 5.92 Å². The maximum absolute atomic E-state index is 13.7. The van der Waals surface area contributed by atoms with E-state index in [1.165, 1.54) is 7.11 Å². The summed E-state index contributed by atoms with van der Waals surface area (Å²) >= 11 is 0. The minimum Gasteiger partial charge on any atom is -0.497 e. The van der Waals surface area contributed by atoms with E-state index in [2.05, 4.69) is 5.32 Å². The number of fused-ring (bicyclic) bond motifs is 1. The smallest absolute Gasteiger partial charge is 0.254 e. The monoisotopic (exact) mass is 520 g/mol. The number of Topliss-reactive ketones (excluding diaryl/α,β-unsaturated/α-hetero) is 1. The summed E-state index contributed by atoms with van der Waals surface area (Å²) in [4.78, 5) is 58.3. The molecule has 1 N–H and O–H groups in total. The first kappa shape index (κ1) is 27.2. The average molecular weight is 521 g/mol. The van der Waals surface area contributed by atoms with E-state index >= 15 is 0 Å². The van der Waals surface area contributed by atoms with Gasteiger partial charge in [-0.3, -0.25) is 19.2 Å². The Morgan fingerprint density at radius 2 is 1.76 bits per heavy atom. The van der Waals surface area contributed by atoms with Crippen LogP contribution < -0.4 is 15.0 Å². The lowest BCUT2D eigenvalue weighted by Gasteiger charge is -2.29. The van der Waals surface area contributed by atoms with Gasteiger partial charge in [0.05, 0.1) is 19.7 Å². The van der Waals surface area contributed by atoms with Gasteiger partial charge in [0.25, 0.3) is 11.8 Å². The van der Waals surface area contributed by atoms with Crippen molar-refractivity contribution in [2.45, 2.75) is 44.8 Å². The molecule has 9 heteroatoms. The maximum atomic E-state index is 13.7. The maximum Gasteiger partial charge on any atom is 0.254 e. The molecule has 3 amide bonds. The number of ketones is 1. The van der Waals surface area contributed by atoms with Crippen LogP contribution in [0.5, 0.6) is 5.75 Å². The van der Waals surface area contributed by atoms with Crippen molar-refractivity contribution in [1.29, 1.82) is 0 Å². The Balaban J connectivity index is 1.50. The zero-order valence-corrected chi connectivity index (χ0v) is 22.6. The fourth-order valence-corrected chi connectivity index (χ4v) is 5.31. The van der Waals surface area contributed by atoms with Gasteiger partial charge in [-0.15, -0.1) is 0 Å². The number of nitrogens with one attached hydrogen (secondary N) is 1. The van der Waals surface area contributed by atoms with Crippen LogP contribution in [-0.2, 0) is 9.59 Å².